The predicted molar refractivity (Wildman–Crippen MR) is 201 cm³/mol. The number of rotatable bonds is 7. The minimum atomic E-state index is -3.04. The van der Waals surface area contributed by atoms with Crippen LogP contribution in [-0.4, -0.2) is 53.7 Å². The standard InChI is InChI=1S/C41H46N4O4Si/c1-40(2,3)48-39(47)44-24-22-29(23-25-44)45-27-28(26-42-45)37(33-20-21-35-36-32(33)18-13-19-34(36)38(46)43-35)49-50(41(4,5)6,30-14-9-7-10-15-30)31-16-11-8-12-17-31/h7-21,26-27,29,37H,22-25H2,1-6H3,(H,43,46). The quantitative estimate of drug-likeness (QED) is 0.176. The highest BCUT2D eigenvalue weighted by atomic mass is 28.4. The molecule has 258 valence electrons. The van der Waals surface area contributed by atoms with Gasteiger partial charge < -0.3 is 19.4 Å². The molecule has 0 saturated carbocycles. The van der Waals surface area contributed by atoms with Gasteiger partial charge in [-0.05, 0) is 72.1 Å². The number of anilines is 1. The molecular weight excluding hydrogens is 641 g/mol. The molecule has 2 aliphatic rings. The molecule has 1 unspecified atom stereocenters. The molecule has 0 spiro atoms. The number of benzene rings is 4. The Kier molecular flexibility index (Phi) is 8.68. The molecule has 0 radical (unpaired) electrons. The predicted octanol–water partition coefficient (Wildman–Crippen LogP) is 7.84. The summed E-state index contributed by atoms with van der Waals surface area (Å²) in [6, 6.07) is 31.5. The van der Waals surface area contributed by atoms with E-state index in [2.05, 4.69) is 110 Å². The molecule has 5 aromatic rings. The molecule has 7 rings (SSSR count). The summed E-state index contributed by atoms with van der Waals surface area (Å²) in [5, 5.41) is 12.0. The molecule has 1 saturated heterocycles. The Labute approximate surface area is 295 Å². The third-order valence-electron chi connectivity index (χ3n) is 9.98. The van der Waals surface area contributed by atoms with Gasteiger partial charge in [-0.1, -0.05) is 99.6 Å². The highest BCUT2D eigenvalue weighted by Gasteiger charge is 2.52. The topological polar surface area (TPSA) is 85.7 Å². The Morgan fingerprint density at radius 1 is 0.860 bits per heavy atom. The maximum atomic E-state index is 13.0. The Bertz CT molecular complexity index is 1980. The average molecular weight is 687 g/mol. The minimum Gasteiger partial charge on any atom is -0.444 e. The summed E-state index contributed by atoms with van der Waals surface area (Å²) in [6.07, 6.45) is 4.86. The molecular formula is C41H46N4O4Si. The van der Waals surface area contributed by atoms with Gasteiger partial charge in [0.2, 0.25) is 0 Å². The van der Waals surface area contributed by atoms with Crippen molar-refractivity contribution in [1.82, 2.24) is 14.7 Å². The summed E-state index contributed by atoms with van der Waals surface area (Å²) in [5.74, 6) is -0.0854. The van der Waals surface area contributed by atoms with E-state index in [1.807, 2.05) is 45.2 Å². The van der Waals surface area contributed by atoms with E-state index in [0.717, 1.165) is 40.4 Å². The van der Waals surface area contributed by atoms with Gasteiger partial charge in [0.15, 0.2) is 0 Å². The van der Waals surface area contributed by atoms with Crippen LogP contribution in [0.2, 0.25) is 5.04 Å². The third kappa shape index (κ3) is 6.13. The molecule has 4 aromatic carbocycles. The largest absolute Gasteiger partial charge is 0.444 e. The summed E-state index contributed by atoms with van der Waals surface area (Å²) >= 11 is 0. The first-order valence-electron chi connectivity index (χ1n) is 17.5. The fourth-order valence-corrected chi connectivity index (χ4v) is 12.3. The van der Waals surface area contributed by atoms with Crippen LogP contribution in [0.4, 0.5) is 10.5 Å². The molecule has 2 aliphatic heterocycles. The van der Waals surface area contributed by atoms with Gasteiger partial charge in [0.1, 0.15) is 11.7 Å². The zero-order valence-electron chi connectivity index (χ0n) is 29.8. The number of likely N-dealkylation sites (tertiary alicyclic amines) is 1. The van der Waals surface area contributed by atoms with E-state index in [0.29, 0.717) is 18.7 Å². The van der Waals surface area contributed by atoms with Crippen LogP contribution in [0.5, 0.6) is 0 Å². The average Bonchev–Trinajstić information content (AvgIpc) is 3.71. The summed E-state index contributed by atoms with van der Waals surface area (Å²) in [6.45, 7) is 13.7. The van der Waals surface area contributed by atoms with Crippen LogP contribution < -0.4 is 15.7 Å². The number of hydrogen-bond donors (Lipinski definition) is 1. The number of carbonyl (C=O) groups excluding carboxylic acids is 2. The first kappa shape index (κ1) is 33.7. The van der Waals surface area contributed by atoms with Crippen LogP contribution in [0, 0.1) is 0 Å². The second kappa shape index (κ2) is 12.9. The molecule has 1 N–H and O–H groups in total. The van der Waals surface area contributed by atoms with Crippen molar-refractivity contribution in [3.8, 4) is 0 Å². The molecule has 1 aromatic heterocycles. The summed E-state index contributed by atoms with van der Waals surface area (Å²) in [5.41, 5.74) is 2.91. The van der Waals surface area contributed by atoms with Gasteiger partial charge in [-0.25, -0.2) is 4.79 Å². The van der Waals surface area contributed by atoms with E-state index in [1.165, 1.54) is 10.4 Å². The Morgan fingerprint density at radius 2 is 1.50 bits per heavy atom. The molecule has 0 bridgehead atoms. The second-order valence-corrected chi connectivity index (χ2v) is 19.8. The second-order valence-electron chi connectivity index (χ2n) is 15.5. The number of carbonyl (C=O) groups is 2. The molecule has 2 amide bonds. The number of nitrogens with one attached hydrogen (secondary N) is 1. The third-order valence-corrected chi connectivity index (χ3v) is 15.0. The van der Waals surface area contributed by atoms with Crippen molar-refractivity contribution in [2.45, 2.75) is 77.2 Å². The van der Waals surface area contributed by atoms with Crippen LogP contribution >= 0.6 is 0 Å². The zero-order chi connectivity index (χ0) is 35.3. The minimum absolute atomic E-state index is 0.0854. The first-order valence-corrected chi connectivity index (χ1v) is 19.4. The lowest BCUT2D eigenvalue weighted by Crippen LogP contribution is -2.66. The van der Waals surface area contributed by atoms with Crippen LogP contribution in [0.1, 0.15) is 88.0 Å². The van der Waals surface area contributed by atoms with Gasteiger partial charge in [-0.15, -0.1) is 0 Å². The lowest BCUT2D eigenvalue weighted by Gasteiger charge is -2.45. The van der Waals surface area contributed by atoms with Gasteiger partial charge >= 0.3 is 6.09 Å². The molecule has 8 nitrogen and oxygen atoms in total. The highest BCUT2D eigenvalue weighted by molar-refractivity contribution is 6.99. The number of nitrogens with zero attached hydrogens (tertiary/aromatic N) is 3. The van der Waals surface area contributed by atoms with Crippen molar-refractivity contribution in [2.75, 3.05) is 18.4 Å². The van der Waals surface area contributed by atoms with E-state index in [4.69, 9.17) is 14.3 Å². The molecule has 3 heterocycles. The van der Waals surface area contributed by atoms with E-state index in [-0.39, 0.29) is 23.1 Å². The van der Waals surface area contributed by atoms with E-state index < -0.39 is 20.0 Å². The van der Waals surface area contributed by atoms with Gasteiger partial charge in [0.05, 0.1) is 12.2 Å². The maximum absolute atomic E-state index is 13.0. The Morgan fingerprint density at radius 3 is 2.10 bits per heavy atom. The fourth-order valence-electron chi connectivity index (χ4n) is 7.65. The van der Waals surface area contributed by atoms with Crippen LogP contribution in [0.25, 0.3) is 10.8 Å². The van der Waals surface area contributed by atoms with Crippen LogP contribution in [-0.2, 0) is 9.16 Å². The fraction of sp³-hybridized carbons (Fsp3) is 0.341. The molecule has 1 atom stereocenters. The van der Waals surface area contributed by atoms with Crippen molar-refractivity contribution < 1.29 is 18.8 Å². The molecule has 0 aliphatic carbocycles. The number of piperidine rings is 1. The lowest BCUT2D eigenvalue weighted by molar-refractivity contribution is 0.0184. The van der Waals surface area contributed by atoms with Gasteiger partial charge in [0.25, 0.3) is 14.2 Å². The summed E-state index contributed by atoms with van der Waals surface area (Å²) in [7, 11) is -3.04. The highest BCUT2D eigenvalue weighted by Crippen LogP contribution is 2.45. The van der Waals surface area contributed by atoms with Crippen molar-refractivity contribution >= 4 is 47.2 Å². The number of amides is 2. The number of ether oxygens (including phenoxy) is 1. The first-order chi connectivity index (χ1) is 23.9. The van der Waals surface area contributed by atoms with E-state index in [1.54, 1.807) is 4.90 Å². The Hall–Kier alpha value is -4.73. The van der Waals surface area contributed by atoms with Crippen molar-refractivity contribution in [2.24, 2.45) is 0 Å². The number of hydrogen-bond acceptors (Lipinski definition) is 5. The monoisotopic (exact) mass is 686 g/mol. The smallest absolute Gasteiger partial charge is 0.410 e. The zero-order valence-corrected chi connectivity index (χ0v) is 30.8. The number of aromatic nitrogens is 2. The maximum Gasteiger partial charge on any atom is 0.410 e. The summed E-state index contributed by atoms with van der Waals surface area (Å²) in [4.78, 5) is 27.5. The van der Waals surface area contributed by atoms with Gasteiger partial charge in [-0.3, -0.25) is 9.48 Å². The van der Waals surface area contributed by atoms with E-state index >= 15 is 0 Å². The summed E-state index contributed by atoms with van der Waals surface area (Å²) < 4.78 is 15.6. The normalized spacial score (nSPS) is 16.0. The molecule has 1 fully saturated rings. The SMILES string of the molecule is CC(C)(C)OC(=O)N1CCC(n2cc(C(O[Si](c3ccccc3)(c3ccccc3)C(C)(C)C)c3ccc4c5c(cccc35)C(=O)N4)cn2)CC1. The molecule has 50 heavy (non-hydrogen) atoms. The Balaban J connectivity index is 1.34. The van der Waals surface area contributed by atoms with E-state index in [9.17, 15) is 9.59 Å². The molecule has 9 heteroatoms. The van der Waals surface area contributed by atoms with Crippen molar-refractivity contribution in [1.29, 1.82) is 0 Å². The van der Waals surface area contributed by atoms with Gasteiger partial charge in [0, 0.05) is 41.5 Å². The van der Waals surface area contributed by atoms with Crippen LogP contribution in [0.3, 0.4) is 0 Å². The van der Waals surface area contributed by atoms with Crippen molar-refractivity contribution in [3.05, 3.63) is 120 Å². The lowest BCUT2D eigenvalue weighted by atomic mass is 9.95. The van der Waals surface area contributed by atoms with Gasteiger partial charge in [-0.2, -0.15) is 5.10 Å². The van der Waals surface area contributed by atoms with Crippen molar-refractivity contribution in [3.63, 3.8) is 0 Å². The van der Waals surface area contributed by atoms with Crippen LogP contribution in [0.15, 0.2) is 103 Å².